The van der Waals surface area contributed by atoms with Crippen LogP contribution < -0.4 is 5.73 Å². The molecule has 1 atom stereocenters. The molecule has 1 unspecified atom stereocenters. The molecule has 0 amide bonds. The molecule has 0 spiro atoms. The number of hydrogen-bond acceptors (Lipinski definition) is 2. The number of benzene rings is 1. The zero-order valence-corrected chi connectivity index (χ0v) is 9.56. The highest BCUT2D eigenvalue weighted by molar-refractivity contribution is 6.31. The molecular weight excluding hydrogens is 220 g/mol. The number of halogens is 1. The van der Waals surface area contributed by atoms with Crippen LogP contribution in [0.3, 0.4) is 0 Å². The van der Waals surface area contributed by atoms with Gasteiger partial charge in [0.05, 0.1) is 0 Å². The summed E-state index contributed by atoms with van der Waals surface area (Å²) in [6.45, 7) is 0.535. The van der Waals surface area contributed by atoms with Crippen LogP contribution in [-0.4, -0.2) is 11.5 Å². The number of nitrogens with two attached hydrogens (primary N) is 1. The molecule has 0 fully saturated rings. The third-order valence-corrected chi connectivity index (χ3v) is 2.97. The fourth-order valence-electron chi connectivity index (χ4n) is 1.80. The van der Waals surface area contributed by atoms with Gasteiger partial charge in [0.1, 0.15) is 0 Å². The standard InChI is InChI=1S/C13H13ClN2/c14-13-4-2-1-3-11(13)12(9-15)10-5-7-16-8-6-10/h1-8,12H,9,15H2. The van der Waals surface area contributed by atoms with Crippen molar-refractivity contribution in [3.05, 3.63) is 64.9 Å². The van der Waals surface area contributed by atoms with Gasteiger partial charge in [-0.3, -0.25) is 4.98 Å². The lowest BCUT2D eigenvalue weighted by atomic mass is 9.92. The van der Waals surface area contributed by atoms with E-state index in [9.17, 15) is 0 Å². The number of aromatic nitrogens is 1. The molecule has 1 heterocycles. The van der Waals surface area contributed by atoms with E-state index in [1.807, 2.05) is 36.4 Å². The van der Waals surface area contributed by atoms with Crippen LogP contribution in [0.1, 0.15) is 17.0 Å². The number of hydrogen-bond donors (Lipinski definition) is 1. The Bertz CT molecular complexity index is 456. The maximum absolute atomic E-state index is 6.18. The van der Waals surface area contributed by atoms with Crippen molar-refractivity contribution in [2.75, 3.05) is 6.54 Å². The summed E-state index contributed by atoms with van der Waals surface area (Å²) in [6.07, 6.45) is 3.55. The summed E-state index contributed by atoms with van der Waals surface area (Å²) in [6, 6.07) is 11.7. The Morgan fingerprint density at radius 3 is 2.44 bits per heavy atom. The Kier molecular flexibility index (Phi) is 3.54. The molecule has 0 saturated carbocycles. The second-order valence-electron chi connectivity index (χ2n) is 3.59. The minimum absolute atomic E-state index is 0.136. The summed E-state index contributed by atoms with van der Waals surface area (Å²) in [4.78, 5) is 4.00. The summed E-state index contributed by atoms with van der Waals surface area (Å²) < 4.78 is 0. The minimum Gasteiger partial charge on any atom is -0.330 e. The first kappa shape index (κ1) is 11.1. The molecule has 2 nitrogen and oxygen atoms in total. The molecule has 82 valence electrons. The molecule has 0 aliphatic heterocycles. The summed E-state index contributed by atoms with van der Waals surface area (Å²) >= 11 is 6.18. The van der Waals surface area contributed by atoms with E-state index in [1.165, 1.54) is 0 Å². The van der Waals surface area contributed by atoms with Crippen molar-refractivity contribution in [2.45, 2.75) is 5.92 Å². The van der Waals surface area contributed by atoms with Crippen molar-refractivity contribution in [1.82, 2.24) is 4.98 Å². The zero-order valence-electron chi connectivity index (χ0n) is 8.81. The molecule has 2 aromatic rings. The van der Waals surface area contributed by atoms with E-state index in [0.29, 0.717) is 6.54 Å². The average Bonchev–Trinajstić information content (AvgIpc) is 2.34. The highest BCUT2D eigenvalue weighted by atomic mass is 35.5. The van der Waals surface area contributed by atoms with Gasteiger partial charge in [-0.15, -0.1) is 0 Å². The van der Waals surface area contributed by atoms with Crippen molar-refractivity contribution >= 4 is 11.6 Å². The van der Waals surface area contributed by atoms with Crippen molar-refractivity contribution < 1.29 is 0 Å². The Morgan fingerprint density at radius 1 is 1.12 bits per heavy atom. The van der Waals surface area contributed by atoms with Gasteiger partial charge in [-0.25, -0.2) is 0 Å². The fraction of sp³-hybridized carbons (Fsp3) is 0.154. The lowest BCUT2D eigenvalue weighted by molar-refractivity contribution is 0.817. The molecule has 0 aliphatic rings. The van der Waals surface area contributed by atoms with Crippen LogP contribution >= 0.6 is 11.6 Å². The maximum Gasteiger partial charge on any atom is 0.0444 e. The van der Waals surface area contributed by atoms with Gasteiger partial charge < -0.3 is 5.73 Å². The molecule has 2 N–H and O–H groups in total. The molecule has 1 aromatic carbocycles. The van der Waals surface area contributed by atoms with Gasteiger partial charge >= 0.3 is 0 Å². The van der Waals surface area contributed by atoms with Gasteiger partial charge in [0.15, 0.2) is 0 Å². The molecule has 0 bridgehead atoms. The van der Waals surface area contributed by atoms with Gasteiger partial charge in [-0.1, -0.05) is 29.8 Å². The van der Waals surface area contributed by atoms with E-state index in [1.54, 1.807) is 12.4 Å². The molecule has 0 radical (unpaired) electrons. The third-order valence-electron chi connectivity index (χ3n) is 2.62. The molecule has 0 saturated heterocycles. The van der Waals surface area contributed by atoms with Gasteiger partial charge in [0.2, 0.25) is 0 Å². The Hall–Kier alpha value is -1.38. The zero-order chi connectivity index (χ0) is 11.4. The van der Waals surface area contributed by atoms with Crippen LogP contribution in [0.25, 0.3) is 0 Å². The van der Waals surface area contributed by atoms with Crippen LogP contribution in [0.2, 0.25) is 5.02 Å². The topological polar surface area (TPSA) is 38.9 Å². The second-order valence-corrected chi connectivity index (χ2v) is 4.00. The predicted octanol–water partition coefficient (Wildman–Crippen LogP) is 2.83. The first-order chi connectivity index (χ1) is 7.83. The smallest absolute Gasteiger partial charge is 0.0444 e. The lowest BCUT2D eigenvalue weighted by Crippen LogP contribution is -2.14. The monoisotopic (exact) mass is 232 g/mol. The van der Waals surface area contributed by atoms with E-state index in [-0.39, 0.29) is 5.92 Å². The second kappa shape index (κ2) is 5.10. The molecule has 16 heavy (non-hydrogen) atoms. The van der Waals surface area contributed by atoms with E-state index in [4.69, 9.17) is 17.3 Å². The Balaban J connectivity index is 2.41. The van der Waals surface area contributed by atoms with E-state index in [2.05, 4.69) is 4.98 Å². The minimum atomic E-state index is 0.136. The van der Waals surface area contributed by atoms with Crippen LogP contribution in [-0.2, 0) is 0 Å². The molecule has 3 heteroatoms. The van der Waals surface area contributed by atoms with Crippen LogP contribution in [0.5, 0.6) is 0 Å². The summed E-state index contributed by atoms with van der Waals surface area (Å²) in [5.74, 6) is 0.136. The number of rotatable bonds is 3. The van der Waals surface area contributed by atoms with E-state index < -0.39 is 0 Å². The van der Waals surface area contributed by atoms with E-state index >= 15 is 0 Å². The van der Waals surface area contributed by atoms with Gasteiger partial charge in [0.25, 0.3) is 0 Å². The van der Waals surface area contributed by atoms with E-state index in [0.717, 1.165) is 16.1 Å². The molecule has 0 aliphatic carbocycles. The number of nitrogens with zero attached hydrogens (tertiary/aromatic N) is 1. The quantitative estimate of drug-likeness (QED) is 0.884. The lowest BCUT2D eigenvalue weighted by Gasteiger charge is -2.16. The molecule has 1 aromatic heterocycles. The highest BCUT2D eigenvalue weighted by Crippen LogP contribution is 2.28. The molecule has 2 rings (SSSR count). The van der Waals surface area contributed by atoms with Crippen LogP contribution in [0.4, 0.5) is 0 Å². The summed E-state index contributed by atoms with van der Waals surface area (Å²) in [5, 5.41) is 0.759. The number of pyridine rings is 1. The largest absolute Gasteiger partial charge is 0.330 e. The summed E-state index contributed by atoms with van der Waals surface area (Å²) in [7, 11) is 0. The van der Waals surface area contributed by atoms with Crippen molar-refractivity contribution in [2.24, 2.45) is 5.73 Å². The van der Waals surface area contributed by atoms with Gasteiger partial charge in [-0.2, -0.15) is 0 Å². The maximum atomic E-state index is 6.18. The van der Waals surface area contributed by atoms with Crippen molar-refractivity contribution in [1.29, 1.82) is 0 Å². The first-order valence-electron chi connectivity index (χ1n) is 5.17. The fourth-order valence-corrected chi connectivity index (χ4v) is 2.06. The molecular formula is C13H13ClN2. The van der Waals surface area contributed by atoms with Crippen LogP contribution in [0.15, 0.2) is 48.8 Å². The first-order valence-corrected chi connectivity index (χ1v) is 5.55. The van der Waals surface area contributed by atoms with Crippen LogP contribution in [0, 0.1) is 0 Å². The van der Waals surface area contributed by atoms with Gasteiger partial charge in [0, 0.05) is 29.9 Å². The third kappa shape index (κ3) is 2.23. The van der Waals surface area contributed by atoms with Gasteiger partial charge in [-0.05, 0) is 29.3 Å². The highest BCUT2D eigenvalue weighted by Gasteiger charge is 2.14. The predicted molar refractivity (Wildman–Crippen MR) is 66.6 cm³/mol. The SMILES string of the molecule is NCC(c1ccncc1)c1ccccc1Cl. The normalized spacial score (nSPS) is 12.4. The Labute approximate surface area is 100 Å². The average molecular weight is 233 g/mol. The summed E-state index contributed by atoms with van der Waals surface area (Å²) in [5.41, 5.74) is 8.04. The van der Waals surface area contributed by atoms with Crippen molar-refractivity contribution in [3.8, 4) is 0 Å². The van der Waals surface area contributed by atoms with Crippen molar-refractivity contribution in [3.63, 3.8) is 0 Å². The Morgan fingerprint density at radius 2 is 1.81 bits per heavy atom.